The number of rotatable bonds is 9. The number of unbranched alkanes of at least 4 members (excludes halogenated alkanes) is 1. The van der Waals surface area contributed by atoms with Crippen LogP contribution in [0.3, 0.4) is 0 Å². The molecule has 4 nitrogen and oxygen atoms in total. The van der Waals surface area contributed by atoms with Crippen LogP contribution < -0.4 is 4.74 Å². The number of esters is 1. The molecule has 2 aromatic rings. The van der Waals surface area contributed by atoms with Crippen molar-refractivity contribution >= 4 is 11.8 Å². The van der Waals surface area contributed by atoms with Crippen LogP contribution in [0.1, 0.15) is 46.9 Å². The van der Waals surface area contributed by atoms with Gasteiger partial charge in [-0.15, -0.1) is 0 Å². The number of carbonyl (C=O) groups excluding carboxylic acids is 2. The zero-order valence-corrected chi connectivity index (χ0v) is 13.9. The molecule has 0 radical (unpaired) electrons. The predicted molar refractivity (Wildman–Crippen MR) is 92.5 cm³/mol. The molecule has 0 spiro atoms. The van der Waals surface area contributed by atoms with Crippen LogP contribution in [-0.2, 0) is 4.74 Å². The summed E-state index contributed by atoms with van der Waals surface area (Å²) in [6, 6.07) is 16.2. The fraction of sp³-hybridized carbons (Fsp3) is 0.300. The van der Waals surface area contributed by atoms with Crippen molar-refractivity contribution in [3.05, 3.63) is 65.7 Å². The fourth-order valence-corrected chi connectivity index (χ4v) is 2.25. The van der Waals surface area contributed by atoms with Gasteiger partial charge in [-0.25, -0.2) is 4.79 Å². The number of Topliss-reactive ketones (excluding diaryl/α,β-unsaturated/α-hetero) is 1. The molecular formula is C20H22O4. The molecular weight excluding hydrogens is 304 g/mol. The first-order valence-corrected chi connectivity index (χ1v) is 8.19. The molecule has 0 bridgehead atoms. The lowest BCUT2D eigenvalue weighted by Crippen LogP contribution is -2.05. The monoisotopic (exact) mass is 326 g/mol. The highest BCUT2D eigenvalue weighted by Crippen LogP contribution is 2.14. The molecule has 0 aliphatic carbocycles. The number of ether oxygens (including phenoxy) is 2. The summed E-state index contributed by atoms with van der Waals surface area (Å²) in [4.78, 5) is 23.5. The van der Waals surface area contributed by atoms with Gasteiger partial charge in [-0.1, -0.05) is 30.3 Å². The van der Waals surface area contributed by atoms with Gasteiger partial charge in [0, 0.05) is 12.0 Å². The van der Waals surface area contributed by atoms with Crippen LogP contribution in [-0.4, -0.2) is 25.0 Å². The minimum atomic E-state index is -0.330. The molecule has 0 aliphatic heterocycles. The third-order valence-electron chi connectivity index (χ3n) is 3.53. The molecule has 0 unspecified atom stereocenters. The minimum absolute atomic E-state index is 0.161. The average molecular weight is 326 g/mol. The number of hydrogen-bond donors (Lipinski definition) is 0. The molecule has 0 aromatic heterocycles. The van der Waals surface area contributed by atoms with Gasteiger partial charge in [-0.2, -0.15) is 0 Å². The lowest BCUT2D eigenvalue weighted by Gasteiger charge is -2.07. The van der Waals surface area contributed by atoms with Gasteiger partial charge in [0.15, 0.2) is 5.78 Å². The molecule has 0 saturated heterocycles. The Morgan fingerprint density at radius 3 is 2.25 bits per heavy atom. The molecule has 0 heterocycles. The topological polar surface area (TPSA) is 52.6 Å². The van der Waals surface area contributed by atoms with Crippen molar-refractivity contribution in [2.24, 2.45) is 0 Å². The SMILES string of the molecule is CCOC(=O)c1ccc(OCCCCC(=O)c2ccccc2)cc1. The quantitative estimate of drug-likeness (QED) is 0.392. The first-order valence-electron chi connectivity index (χ1n) is 8.19. The maximum Gasteiger partial charge on any atom is 0.338 e. The largest absolute Gasteiger partial charge is 0.494 e. The van der Waals surface area contributed by atoms with E-state index in [9.17, 15) is 9.59 Å². The van der Waals surface area contributed by atoms with Crippen molar-refractivity contribution in [1.29, 1.82) is 0 Å². The highest BCUT2D eigenvalue weighted by Gasteiger charge is 2.06. The van der Waals surface area contributed by atoms with Crippen molar-refractivity contribution in [3.63, 3.8) is 0 Å². The Morgan fingerprint density at radius 2 is 1.58 bits per heavy atom. The fourth-order valence-electron chi connectivity index (χ4n) is 2.25. The first-order chi connectivity index (χ1) is 11.7. The first kappa shape index (κ1) is 17.7. The van der Waals surface area contributed by atoms with Gasteiger partial charge in [0.25, 0.3) is 0 Å². The van der Waals surface area contributed by atoms with Gasteiger partial charge >= 0.3 is 5.97 Å². The van der Waals surface area contributed by atoms with E-state index in [1.807, 2.05) is 30.3 Å². The predicted octanol–water partition coefficient (Wildman–Crippen LogP) is 4.30. The maximum atomic E-state index is 11.9. The van der Waals surface area contributed by atoms with E-state index in [0.717, 1.165) is 18.4 Å². The number of hydrogen-bond acceptors (Lipinski definition) is 4. The van der Waals surface area contributed by atoms with E-state index in [4.69, 9.17) is 9.47 Å². The Labute approximate surface area is 142 Å². The van der Waals surface area contributed by atoms with Gasteiger partial charge in [0.2, 0.25) is 0 Å². The second kappa shape index (κ2) is 9.50. The van der Waals surface area contributed by atoms with Crippen LogP contribution in [0.4, 0.5) is 0 Å². The summed E-state index contributed by atoms with van der Waals surface area (Å²) in [6.45, 7) is 2.68. The molecule has 2 aromatic carbocycles. The van der Waals surface area contributed by atoms with Crippen LogP contribution in [0.25, 0.3) is 0 Å². The maximum absolute atomic E-state index is 11.9. The van der Waals surface area contributed by atoms with Crippen LogP contribution in [0.15, 0.2) is 54.6 Å². The van der Waals surface area contributed by atoms with E-state index in [1.165, 1.54) is 0 Å². The molecule has 0 saturated carbocycles. The third kappa shape index (κ3) is 5.54. The summed E-state index contributed by atoms with van der Waals surface area (Å²) in [5, 5.41) is 0. The lowest BCUT2D eigenvalue weighted by atomic mass is 10.1. The molecule has 24 heavy (non-hydrogen) atoms. The second-order valence-corrected chi connectivity index (χ2v) is 5.34. The van der Waals surface area contributed by atoms with E-state index < -0.39 is 0 Å². The van der Waals surface area contributed by atoms with Gasteiger partial charge in [0.1, 0.15) is 5.75 Å². The van der Waals surface area contributed by atoms with E-state index in [0.29, 0.717) is 30.9 Å². The molecule has 4 heteroatoms. The summed E-state index contributed by atoms with van der Waals surface area (Å²) in [7, 11) is 0. The van der Waals surface area contributed by atoms with Crippen LogP contribution in [0, 0.1) is 0 Å². The Kier molecular flexibility index (Phi) is 7.02. The van der Waals surface area contributed by atoms with Crippen molar-refractivity contribution in [2.75, 3.05) is 13.2 Å². The molecule has 0 aliphatic rings. The van der Waals surface area contributed by atoms with Gasteiger partial charge < -0.3 is 9.47 Å². The standard InChI is InChI=1S/C20H22O4/c1-2-23-20(22)17-11-13-18(14-12-17)24-15-7-6-10-19(21)16-8-4-3-5-9-16/h3-5,8-9,11-14H,2,6-7,10,15H2,1H3. The van der Waals surface area contributed by atoms with E-state index in [2.05, 4.69) is 0 Å². The molecule has 0 N–H and O–H groups in total. The van der Waals surface area contributed by atoms with Crippen LogP contribution in [0.5, 0.6) is 5.75 Å². The highest BCUT2D eigenvalue weighted by atomic mass is 16.5. The Morgan fingerprint density at radius 1 is 0.875 bits per heavy atom. The van der Waals surface area contributed by atoms with Gasteiger partial charge in [-0.05, 0) is 44.0 Å². The van der Waals surface area contributed by atoms with Crippen molar-refractivity contribution < 1.29 is 19.1 Å². The number of ketones is 1. The number of carbonyl (C=O) groups is 2. The van der Waals surface area contributed by atoms with E-state index in [-0.39, 0.29) is 11.8 Å². The molecule has 2 rings (SSSR count). The third-order valence-corrected chi connectivity index (χ3v) is 3.53. The smallest absolute Gasteiger partial charge is 0.338 e. The zero-order valence-electron chi connectivity index (χ0n) is 13.9. The van der Waals surface area contributed by atoms with Gasteiger partial charge in [0.05, 0.1) is 18.8 Å². The Bertz CT molecular complexity index is 647. The highest BCUT2D eigenvalue weighted by molar-refractivity contribution is 5.95. The molecule has 0 fully saturated rings. The average Bonchev–Trinajstić information content (AvgIpc) is 2.62. The van der Waals surface area contributed by atoms with Crippen LogP contribution >= 0.6 is 0 Å². The van der Waals surface area contributed by atoms with Crippen molar-refractivity contribution in [2.45, 2.75) is 26.2 Å². The van der Waals surface area contributed by atoms with Crippen molar-refractivity contribution in [3.8, 4) is 5.75 Å². The zero-order chi connectivity index (χ0) is 17.2. The van der Waals surface area contributed by atoms with Crippen LogP contribution in [0.2, 0.25) is 0 Å². The van der Waals surface area contributed by atoms with Gasteiger partial charge in [-0.3, -0.25) is 4.79 Å². The molecule has 126 valence electrons. The summed E-state index contributed by atoms with van der Waals surface area (Å²) >= 11 is 0. The minimum Gasteiger partial charge on any atom is -0.494 e. The summed E-state index contributed by atoms with van der Waals surface area (Å²) in [6.07, 6.45) is 2.11. The summed E-state index contributed by atoms with van der Waals surface area (Å²) in [5.41, 5.74) is 1.27. The Balaban J connectivity index is 1.67. The molecule has 0 atom stereocenters. The van der Waals surface area contributed by atoms with E-state index in [1.54, 1.807) is 31.2 Å². The lowest BCUT2D eigenvalue weighted by molar-refractivity contribution is 0.0526. The summed E-state index contributed by atoms with van der Waals surface area (Å²) < 4.78 is 10.6. The van der Waals surface area contributed by atoms with E-state index >= 15 is 0 Å². The van der Waals surface area contributed by atoms with Crippen molar-refractivity contribution in [1.82, 2.24) is 0 Å². The Hall–Kier alpha value is -2.62. The second-order valence-electron chi connectivity index (χ2n) is 5.34. The molecule has 0 amide bonds. The number of benzene rings is 2. The normalized spacial score (nSPS) is 10.2. The summed E-state index contributed by atoms with van der Waals surface area (Å²) in [5.74, 6) is 0.537.